The largest absolute Gasteiger partial charge is 0.392 e. The van der Waals surface area contributed by atoms with Gasteiger partial charge in [0.1, 0.15) is 0 Å². The van der Waals surface area contributed by atoms with E-state index in [4.69, 9.17) is 5.11 Å². The van der Waals surface area contributed by atoms with Gasteiger partial charge in [0.25, 0.3) is 0 Å². The Bertz CT molecular complexity index is 442. The van der Waals surface area contributed by atoms with E-state index in [1.54, 1.807) is 31.2 Å². The normalized spacial score (nSPS) is 20.6. The molecule has 1 heterocycles. The second-order valence-corrected chi connectivity index (χ2v) is 4.00. The van der Waals surface area contributed by atoms with Crippen molar-refractivity contribution in [2.45, 2.75) is 20.0 Å². The molecule has 0 bridgehead atoms. The Labute approximate surface area is 93.5 Å². The first kappa shape index (κ1) is 10.8. The summed E-state index contributed by atoms with van der Waals surface area (Å²) in [6, 6.07) is 6.84. The molecule has 16 heavy (non-hydrogen) atoms. The van der Waals surface area contributed by atoms with Crippen molar-refractivity contribution < 1.29 is 14.7 Å². The van der Waals surface area contributed by atoms with Gasteiger partial charge in [0.2, 0.25) is 11.8 Å². The van der Waals surface area contributed by atoms with Gasteiger partial charge < -0.3 is 5.11 Å². The number of hydrogen-bond donors (Lipinski definition) is 1. The number of hydrogen-bond acceptors (Lipinski definition) is 3. The number of benzene rings is 1. The van der Waals surface area contributed by atoms with Crippen LogP contribution < -0.4 is 4.90 Å². The number of imide groups is 1. The van der Waals surface area contributed by atoms with Gasteiger partial charge in [-0.15, -0.1) is 0 Å². The predicted octanol–water partition coefficient (Wildman–Crippen LogP) is 1.08. The maximum absolute atomic E-state index is 11.8. The van der Waals surface area contributed by atoms with E-state index >= 15 is 0 Å². The van der Waals surface area contributed by atoms with E-state index < -0.39 is 0 Å². The SMILES string of the molecule is CC1CC(=O)N(c2cccc(CO)c2)C1=O. The van der Waals surface area contributed by atoms with Gasteiger partial charge in [-0.2, -0.15) is 0 Å². The van der Waals surface area contributed by atoms with E-state index in [2.05, 4.69) is 0 Å². The predicted molar refractivity (Wildman–Crippen MR) is 58.6 cm³/mol. The molecule has 1 unspecified atom stereocenters. The molecule has 1 aromatic rings. The molecule has 1 saturated heterocycles. The van der Waals surface area contributed by atoms with Gasteiger partial charge in [-0.1, -0.05) is 19.1 Å². The second kappa shape index (κ2) is 4.06. The van der Waals surface area contributed by atoms with Gasteiger partial charge in [0.05, 0.1) is 12.3 Å². The van der Waals surface area contributed by atoms with E-state index in [1.165, 1.54) is 4.90 Å². The fourth-order valence-electron chi connectivity index (χ4n) is 1.85. The summed E-state index contributed by atoms with van der Waals surface area (Å²) < 4.78 is 0. The van der Waals surface area contributed by atoms with E-state index in [1.807, 2.05) is 0 Å². The number of anilines is 1. The number of aliphatic hydroxyl groups excluding tert-OH is 1. The summed E-state index contributed by atoms with van der Waals surface area (Å²) in [6.07, 6.45) is 0.266. The van der Waals surface area contributed by atoms with Gasteiger partial charge >= 0.3 is 0 Å². The smallest absolute Gasteiger partial charge is 0.237 e. The molecule has 1 N–H and O–H groups in total. The molecule has 1 aliphatic rings. The monoisotopic (exact) mass is 219 g/mol. The fourth-order valence-corrected chi connectivity index (χ4v) is 1.85. The molecule has 0 aromatic heterocycles. The van der Waals surface area contributed by atoms with Crippen LogP contribution in [-0.4, -0.2) is 16.9 Å². The Morgan fingerprint density at radius 3 is 2.75 bits per heavy atom. The molecule has 84 valence electrons. The third-order valence-electron chi connectivity index (χ3n) is 2.72. The van der Waals surface area contributed by atoms with Gasteiger partial charge in [-0.3, -0.25) is 14.5 Å². The topological polar surface area (TPSA) is 57.6 Å². The van der Waals surface area contributed by atoms with Crippen molar-refractivity contribution in [1.29, 1.82) is 0 Å². The molecule has 1 aromatic carbocycles. The van der Waals surface area contributed by atoms with Crippen LogP contribution in [0.1, 0.15) is 18.9 Å². The van der Waals surface area contributed by atoms with E-state index in [-0.39, 0.29) is 30.8 Å². The molecule has 0 radical (unpaired) electrons. The Balaban J connectivity index is 2.36. The quantitative estimate of drug-likeness (QED) is 0.757. The van der Waals surface area contributed by atoms with Crippen molar-refractivity contribution in [3.63, 3.8) is 0 Å². The van der Waals surface area contributed by atoms with Crippen LogP contribution in [0.15, 0.2) is 24.3 Å². The van der Waals surface area contributed by atoms with Crippen LogP contribution in [0.4, 0.5) is 5.69 Å². The molecular formula is C12H13NO3. The lowest BCUT2D eigenvalue weighted by Gasteiger charge is -2.14. The van der Waals surface area contributed by atoms with Gasteiger partial charge in [-0.05, 0) is 17.7 Å². The summed E-state index contributed by atoms with van der Waals surface area (Å²) in [5, 5.41) is 9.00. The average Bonchev–Trinajstić information content (AvgIpc) is 2.53. The summed E-state index contributed by atoms with van der Waals surface area (Å²) in [5.74, 6) is -0.585. The van der Waals surface area contributed by atoms with Crippen LogP contribution in [0.2, 0.25) is 0 Å². The highest BCUT2D eigenvalue weighted by molar-refractivity contribution is 6.20. The number of amides is 2. The summed E-state index contributed by atoms with van der Waals surface area (Å²) in [5.41, 5.74) is 1.24. The first-order valence-electron chi connectivity index (χ1n) is 5.20. The lowest BCUT2D eigenvalue weighted by Crippen LogP contribution is -2.29. The Morgan fingerprint density at radius 2 is 2.19 bits per heavy atom. The van der Waals surface area contributed by atoms with Crippen molar-refractivity contribution in [2.75, 3.05) is 4.90 Å². The van der Waals surface area contributed by atoms with Gasteiger partial charge in [0, 0.05) is 12.3 Å². The molecule has 1 fully saturated rings. The molecule has 4 nitrogen and oxygen atoms in total. The molecule has 0 spiro atoms. The van der Waals surface area contributed by atoms with Crippen LogP contribution in [0, 0.1) is 5.92 Å². The third kappa shape index (κ3) is 1.72. The zero-order valence-corrected chi connectivity index (χ0v) is 9.01. The summed E-state index contributed by atoms with van der Waals surface area (Å²) >= 11 is 0. The summed E-state index contributed by atoms with van der Waals surface area (Å²) in [6.45, 7) is 1.65. The lowest BCUT2D eigenvalue weighted by atomic mass is 10.1. The van der Waals surface area contributed by atoms with Crippen LogP contribution in [0.3, 0.4) is 0 Å². The molecule has 2 rings (SSSR count). The molecule has 1 aliphatic heterocycles. The minimum absolute atomic E-state index is 0.0976. The fraction of sp³-hybridized carbons (Fsp3) is 0.333. The zero-order chi connectivity index (χ0) is 11.7. The van der Waals surface area contributed by atoms with Crippen molar-refractivity contribution in [1.82, 2.24) is 0 Å². The van der Waals surface area contributed by atoms with E-state index in [0.29, 0.717) is 11.3 Å². The van der Waals surface area contributed by atoms with Crippen LogP contribution >= 0.6 is 0 Å². The number of aliphatic hydroxyl groups is 1. The number of rotatable bonds is 2. The summed E-state index contributed by atoms with van der Waals surface area (Å²) in [7, 11) is 0. The highest BCUT2D eigenvalue weighted by Crippen LogP contribution is 2.26. The maximum atomic E-state index is 11.8. The standard InChI is InChI=1S/C12H13NO3/c1-8-5-11(15)13(12(8)16)10-4-2-3-9(6-10)7-14/h2-4,6,8,14H,5,7H2,1H3. The van der Waals surface area contributed by atoms with Crippen molar-refractivity contribution in [2.24, 2.45) is 5.92 Å². The Hall–Kier alpha value is -1.68. The molecule has 0 aliphatic carbocycles. The van der Waals surface area contributed by atoms with Crippen LogP contribution in [0.5, 0.6) is 0 Å². The Kier molecular flexibility index (Phi) is 2.75. The minimum atomic E-state index is -0.245. The minimum Gasteiger partial charge on any atom is -0.392 e. The first-order chi connectivity index (χ1) is 7.63. The lowest BCUT2D eigenvalue weighted by molar-refractivity contribution is -0.122. The van der Waals surface area contributed by atoms with Crippen molar-refractivity contribution in [3.8, 4) is 0 Å². The number of nitrogens with zero attached hydrogens (tertiary/aromatic N) is 1. The maximum Gasteiger partial charge on any atom is 0.237 e. The van der Waals surface area contributed by atoms with E-state index in [0.717, 1.165) is 0 Å². The zero-order valence-electron chi connectivity index (χ0n) is 9.01. The summed E-state index contributed by atoms with van der Waals surface area (Å²) in [4.78, 5) is 24.6. The number of carbonyl (C=O) groups is 2. The van der Waals surface area contributed by atoms with Crippen molar-refractivity contribution >= 4 is 17.5 Å². The molecule has 4 heteroatoms. The first-order valence-corrected chi connectivity index (χ1v) is 5.20. The van der Waals surface area contributed by atoms with Gasteiger partial charge in [-0.25, -0.2) is 0 Å². The van der Waals surface area contributed by atoms with Crippen LogP contribution in [-0.2, 0) is 16.2 Å². The second-order valence-electron chi connectivity index (χ2n) is 4.00. The Morgan fingerprint density at radius 1 is 1.44 bits per heavy atom. The highest BCUT2D eigenvalue weighted by atomic mass is 16.3. The molecule has 1 atom stereocenters. The van der Waals surface area contributed by atoms with E-state index in [9.17, 15) is 9.59 Å². The molecule has 0 saturated carbocycles. The highest BCUT2D eigenvalue weighted by Gasteiger charge is 2.36. The number of carbonyl (C=O) groups excluding carboxylic acids is 2. The van der Waals surface area contributed by atoms with Crippen molar-refractivity contribution in [3.05, 3.63) is 29.8 Å². The van der Waals surface area contributed by atoms with Crippen LogP contribution in [0.25, 0.3) is 0 Å². The third-order valence-corrected chi connectivity index (χ3v) is 2.72. The molecule has 2 amide bonds. The molecular weight excluding hydrogens is 206 g/mol. The average molecular weight is 219 g/mol. The van der Waals surface area contributed by atoms with Gasteiger partial charge in [0.15, 0.2) is 0 Å².